The van der Waals surface area contributed by atoms with Gasteiger partial charge in [0, 0.05) is 33.6 Å². The predicted octanol–water partition coefficient (Wildman–Crippen LogP) is 6.63. The van der Waals surface area contributed by atoms with E-state index in [2.05, 4.69) is 14.7 Å². The van der Waals surface area contributed by atoms with E-state index in [1.165, 1.54) is 0 Å². The molecule has 0 unspecified atom stereocenters. The molecule has 0 atom stereocenters. The van der Waals surface area contributed by atoms with Gasteiger partial charge in [0.25, 0.3) is 10.0 Å². The summed E-state index contributed by atoms with van der Waals surface area (Å²) in [5.74, 6) is 0.517. The van der Waals surface area contributed by atoms with E-state index < -0.39 is 15.6 Å². The van der Waals surface area contributed by atoms with Crippen LogP contribution in [-0.2, 0) is 10.0 Å². The fourth-order valence-corrected chi connectivity index (χ4v) is 6.49. The summed E-state index contributed by atoms with van der Waals surface area (Å²) < 4.78 is 28.3. The molecule has 10 heteroatoms. The van der Waals surface area contributed by atoms with Crippen LogP contribution in [0.25, 0.3) is 33.2 Å². The number of aromatic nitrogens is 3. The number of sulfonamides is 1. The first kappa shape index (κ1) is 24.8. The Labute approximate surface area is 213 Å². The second kappa shape index (κ2) is 9.36. The normalized spacial score (nSPS) is 12.2. The first-order valence-electron chi connectivity index (χ1n) is 10.3. The van der Waals surface area contributed by atoms with Gasteiger partial charge in [-0.05, 0) is 76.2 Å². The van der Waals surface area contributed by atoms with Crippen molar-refractivity contribution in [3.8, 4) is 33.2 Å². The Bertz CT molecular complexity index is 1480. The number of aryl methyl sites for hydroxylation is 1. The second-order valence-electron chi connectivity index (χ2n) is 8.75. The molecule has 176 valence electrons. The number of nitrogens with zero attached hydrogens (tertiary/aromatic N) is 3. The number of thiophene rings is 1. The quantitative estimate of drug-likeness (QED) is 0.311. The molecular weight excluding hydrogens is 511 g/mol. The van der Waals surface area contributed by atoms with Crippen LogP contribution >= 0.6 is 34.5 Å². The van der Waals surface area contributed by atoms with E-state index in [1.54, 1.807) is 51.2 Å². The van der Waals surface area contributed by atoms with Crippen LogP contribution in [0.3, 0.4) is 0 Å². The van der Waals surface area contributed by atoms with Crippen molar-refractivity contribution in [2.75, 3.05) is 0 Å². The lowest BCUT2D eigenvalue weighted by atomic mass is 10.1. The molecule has 0 saturated carbocycles. The van der Waals surface area contributed by atoms with E-state index in [9.17, 15) is 8.42 Å². The van der Waals surface area contributed by atoms with Gasteiger partial charge in [0.05, 0.1) is 21.3 Å². The van der Waals surface area contributed by atoms with Crippen molar-refractivity contribution in [1.82, 2.24) is 19.7 Å². The van der Waals surface area contributed by atoms with Gasteiger partial charge in [0.2, 0.25) is 0 Å². The average Bonchev–Trinajstić information content (AvgIpc) is 3.23. The summed E-state index contributed by atoms with van der Waals surface area (Å²) in [7, 11) is -3.62. The molecule has 1 aromatic carbocycles. The number of nitrogens with one attached hydrogen (secondary N) is 1. The first-order valence-corrected chi connectivity index (χ1v) is 13.4. The largest absolute Gasteiger partial charge is 0.255 e. The maximum Gasteiger partial charge on any atom is 0.250 e. The molecule has 4 rings (SSSR count). The van der Waals surface area contributed by atoms with Gasteiger partial charge in [0.1, 0.15) is 4.21 Å². The number of hydrogen-bond acceptors (Lipinski definition) is 6. The molecule has 34 heavy (non-hydrogen) atoms. The summed E-state index contributed by atoms with van der Waals surface area (Å²) in [6.07, 6.45) is 1.66. The van der Waals surface area contributed by atoms with Crippen molar-refractivity contribution in [2.45, 2.75) is 37.4 Å². The Balaban J connectivity index is 1.71. The molecule has 3 aromatic heterocycles. The van der Waals surface area contributed by atoms with E-state index in [0.717, 1.165) is 33.0 Å². The second-order valence-corrected chi connectivity index (χ2v) is 12.6. The van der Waals surface area contributed by atoms with Gasteiger partial charge in [-0.25, -0.2) is 23.1 Å². The van der Waals surface area contributed by atoms with Crippen LogP contribution in [0.15, 0.2) is 58.9 Å². The summed E-state index contributed by atoms with van der Waals surface area (Å²) >= 11 is 13.6. The van der Waals surface area contributed by atoms with Gasteiger partial charge >= 0.3 is 0 Å². The van der Waals surface area contributed by atoms with E-state index >= 15 is 0 Å². The predicted molar refractivity (Wildman–Crippen MR) is 139 cm³/mol. The monoisotopic (exact) mass is 532 g/mol. The van der Waals surface area contributed by atoms with Crippen molar-refractivity contribution in [1.29, 1.82) is 0 Å². The molecule has 0 spiro atoms. The maximum absolute atomic E-state index is 12.7. The molecule has 0 radical (unpaired) electrons. The number of rotatable bonds is 5. The zero-order chi connectivity index (χ0) is 24.7. The van der Waals surface area contributed by atoms with Crippen molar-refractivity contribution >= 4 is 44.6 Å². The lowest BCUT2D eigenvalue weighted by Gasteiger charge is -2.19. The third-order valence-corrected chi connectivity index (χ3v) is 8.52. The van der Waals surface area contributed by atoms with Crippen LogP contribution in [0.1, 0.15) is 26.5 Å². The summed E-state index contributed by atoms with van der Waals surface area (Å²) in [6, 6.07) is 14.1. The Morgan fingerprint density at radius 3 is 2.41 bits per heavy atom. The van der Waals surface area contributed by atoms with Gasteiger partial charge < -0.3 is 0 Å². The molecule has 0 fully saturated rings. The molecule has 0 amide bonds. The standard InChI is InChI=1S/C24H22Cl2N4O2S2/c1-14-11-19(17-6-5-16(25)13-18(17)26)29-23(28-14)15-9-10-27-20(12-15)21-7-8-22(33-21)34(31,32)30-24(2,3)4/h5-13,30H,1-4H3. The topological polar surface area (TPSA) is 84.8 Å². The minimum atomic E-state index is -3.62. The van der Waals surface area contributed by atoms with Crippen molar-refractivity contribution in [2.24, 2.45) is 0 Å². The van der Waals surface area contributed by atoms with Gasteiger partial charge in [0.15, 0.2) is 5.82 Å². The molecule has 6 nitrogen and oxygen atoms in total. The van der Waals surface area contributed by atoms with E-state index in [-0.39, 0.29) is 4.21 Å². The van der Waals surface area contributed by atoms with Gasteiger partial charge in [-0.3, -0.25) is 4.98 Å². The minimum Gasteiger partial charge on any atom is -0.255 e. The van der Waals surface area contributed by atoms with Crippen LogP contribution in [0.4, 0.5) is 0 Å². The summed E-state index contributed by atoms with van der Waals surface area (Å²) in [5, 5.41) is 1.05. The van der Waals surface area contributed by atoms with Gasteiger partial charge in [-0.1, -0.05) is 23.2 Å². The SMILES string of the molecule is Cc1cc(-c2ccc(Cl)cc2Cl)nc(-c2ccnc(-c3ccc(S(=O)(=O)NC(C)(C)C)s3)c2)n1. The molecule has 1 N–H and O–H groups in total. The molecule has 0 saturated heterocycles. The molecule has 4 aromatic rings. The Hall–Kier alpha value is -2.36. The molecule has 0 bridgehead atoms. The van der Waals surface area contributed by atoms with Crippen LogP contribution in [0.2, 0.25) is 10.0 Å². The zero-order valence-corrected chi connectivity index (χ0v) is 22.1. The Kier molecular flexibility index (Phi) is 6.81. The highest BCUT2D eigenvalue weighted by molar-refractivity contribution is 7.91. The van der Waals surface area contributed by atoms with E-state index in [0.29, 0.717) is 27.3 Å². The number of halogens is 2. The van der Waals surface area contributed by atoms with Crippen LogP contribution in [0.5, 0.6) is 0 Å². The van der Waals surface area contributed by atoms with Crippen LogP contribution in [0, 0.1) is 6.92 Å². The van der Waals surface area contributed by atoms with Crippen molar-refractivity contribution in [3.05, 3.63) is 70.5 Å². The minimum absolute atomic E-state index is 0.233. The lowest BCUT2D eigenvalue weighted by Crippen LogP contribution is -2.40. The Morgan fingerprint density at radius 1 is 0.941 bits per heavy atom. The lowest BCUT2D eigenvalue weighted by molar-refractivity contribution is 0.492. The van der Waals surface area contributed by atoms with Gasteiger partial charge in [-0.2, -0.15) is 0 Å². The molecular formula is C24H22Cl2N4O2S2. The van der Waals surface area contributed by atoms with Crippen molar-refractivity contribution in [3.63, 3.8) is 0 Å². The molecule has 0 aliphatic carbocycles. The van der Waals surface area contributed by atoms with E-state index in [4.69, 9.17) is 28.2 Å². The number of pyridine rings is 1. The molecule has 0 aliphatic rings. The fraction of sp³-hybridized carbons (Fsp3) is 0.208. The number of benzene rings is 1. The summed E-state index contributed by atoms with van der Waals surface area (Å²) in [5.41, 5.74) is 3.03. The smallest absolute Gasteiger partial charge is 0.250 e. The molecule has 3 heterocycles. The highest BCUT2D eigenvalue weighted by atomic mass is 35.5. The Morgan fingerprint density at radius 2 is 1.71 bits per heavy atom. The highest BCUT2D eigenvalue weighted by Gasteiger charge is 2.24. The summed E-state index contributed by atoms with van der Waals surface area (Å²) in [4.78, 5) is 14.5. The van der Waals surface area contributed by atoms with E-state index in [1.807, 2.05) is 31.2 Å². The third-order valence-electron chi connectivity index (χ3n) is 4.62. The number of hydrogen-bond donors (Lipinski definition) is 1. The average molecular weight is 534 g/mol. The third kappa shape index (κ3) is 5.64. The van der Waals surface area contributed by atoms with Crippen molar-refractivity contribution < 1.29 is 8.42 Å². The zero-order valence-electron chi connectivity index (χ0n) is 18.9. The first-order chi connectivity index (χ1) is 15.9. The summed E-state index contributed by atoms with van der Waals surface area (Å²) in [6.45, 7) is 7.30. The van der Waals surface area contributed by atoms with Crippen LogP contribution in [-0.4, -0.2) is 28.9 Å². The fourth-order valence-electron chi connectivity index (χ4n) is 3.29. The van der Waals surface area contributed by atoms with Crippen LogP contribution < -0.4 is 4.72 Å². The maximum atomic E-state index is 12.7. The highest BCUT2D eigenvalue weighted by Crippen LogP contribution is 2.33. The van der Waals surface area contributed by atoms with Gasteiger partial charge in [-0.15, -0.1) is 11.3 Å². The molecule has 0 aliphatic heterocycles.